The summed E-state index contributed by atoms with van der Waals surface area (Å²) in [5.41, 5.74) is 7.13. The van der Waals surface area contributed by atoms with Gasteiger partial charge in [0.15, 0.2) is 0 Å². The van der Waals surface area contributed by atoms with Gasteiger partial charge in [-0.2, -0.15) is 5.10 Å². The fraction of sp³-hybridized carbons (Fsp3) is 0.214. The van der Waals surface area contributed by atoms with E-state index in [1.54, 1.807) is 33.9 Å². The Bertz CT molecular complexity index is 859. The Hall–Kier alpha value is -2.63. The lowest BCUT2D eigenvalue weighted by Gasteiger charge is -2.06. The number of hydrogen-bond acceptors (Lipinski definition) is 4. The van der Waals surface area contributed by atoms with Gasteiger partial charge in [-0.1, -0.05) is 0 Å². The fourth-order valence-corrected chi connectivity index (χ4v) is 2.40. The van der Waals surface area contributed by atoms with Crippen molar-refractivity contribution >= 4 is 16.6 Å². The first-order valence-electron chi connectivity index (χ1n) is 6.55. The van der Waals surface area contributed by atoms with Crippen molar-refractivity contribution in [1.82, 2.24) is 19.3 Å². The third kappa shape index (κ3) is 1.61. The lowest BCUT2D eigenvalue weighted by molar-refractivity contribution is 0.681. The second-order valence-electron chi connectivity index (χ2n) is 5.07. The van der Waals surface area contributed by atoms with E-state index >= 15 is 0 Å². The number of fused-ring (bicyclic) bond motifs is 1. The van der Waals surface area contributed by atoms with E-state index in [-0.39, 0.29) is 5.56 Å². The maximum Gasteiger partial charge on any atom is 0.295 e. The Morgan fingerprint density at radius 3 is 2.95 bits per heavy atom. The van der Waals surface area contributed by atoms with Crippen LogP contribution in [0.3, 0.4) is 0 Å². The van der Waals surface area contributed by atoms with E-state index in [0.29, 0.717) is 17.5 Å². The van der Waals surface area contributed by atoms with Crippen LogP contribution in [-0.2, 0) is 0 Å². The Morgan fingerprint density at radius 2 is 2.15 bits per heavy atom. The van der Waals surface area contributed by atoms with Gasteiger partial charge in [-0.05, 0) is 31.0 Å². The summed E-state index contributed by atoms with van der Waals surface area (Å²) in [7, 11) is 0. The molecule has 3 aromatic rings. The average Bonchev–Trinajstić information content (AvgIpc) is 3.20. The van der Waals surface area contributed by atoms with E-state index in [0.717, 1.165) is 23.7 Å². The maximum atomic E-state index is 12.5. The van der Waals surface area contributed by atoms with Crippen LogP contribution in [0.5, 0.6) is 0 Å². The van der Waals surface area contributed by atoms with Crippen molar-refractivity contribution in [2.45, 2.75) is 18.9 Å². The van der Waals surface area contributed by atoms with Gasteiger partial charge in [-0.25, -0.2) is 9.67 Å². The molecule has 2 aromatic heterocycles. The van der Waals surface area contributed by atoms with Crippen LogP contribution >= 0.6 is 0 Å². The van der Waals surface area contributed by atoms with Crippen molar-refractivity contribution in [1.29, 1.82) is 0 Å². The summed E-state index contributed by atoms with van der Waals surface area (Å²) in [6.07, 6.45) is 7.20. The molecule has 0 bridgehead atoms. The zero-order valence-corrected chi connectivity index (χ0v) is 10.7. The molecular weight excluding hydrogens is 254 g/mol. The highest BCUT2D eigenvalue weighted by Crippen LogP contribution is 2.33. The van der Waals surface area contributed by atoms with Gasteiger partial charge in [0, 0.05) is 29.5 Å². The third-order valence-corrected chi connectivity index (χ3v) is 3.59. The van der Waals surface area contributed by atoms with Crippen LogP contribution in [0, 0.1) is 0 Å². The van der Waals surface area contributed by atoms with E-state index in [4.69, 9.17) is 5.73 Å². The largest absolute Gasteiger partial charge is 0.399 e. The van der Waals surface area contributed by atoms with E-state index < -0.39 is 0 Å². The Labute approximate surface area is 114 Å². The number of anilines is 1. The first kappa shape index (κ1) is 11.2. The molecule has 6 heteroatoms. The van der Waals surface area contributed by atoms with Crippen molar-refractivity contribution in [3.8, 4) is 5.82 Å². The van der Waals surface area contributed by atoms with Gasteiger partial charge in [0.2, 0.25) is 5.82 Å². The molecule has 0 radical (unpaired) electrons. The normalized spacial score (nSPS) is 14.8. The minimum atomic E-state index is -0.109. The summed E-state index contributed by atoms with van der Waals surface area (Å²) in [6.45, 7) is 0. The molecule has 1 aromatic carbocycles. The molecule has 0 amide bonds. The minimum absolute atomic E-state index is 0.109. The van der Waals surface area contributed by atoms with Crippen molar-refractivity contribution < 1.29 is 0 Å². The molecule has 6 nitrogen and oxygen atoms in total. The first-order valence-corrected chi connectivity index (χ1v) is 6.55. The quantitative estimate of drug-likeness (QED) is 0.714. The van der Waals surface area contributed by atoms with Crippen LogP contribution in [0.4, 0.5) is 5.69 Å². The number of nitrogens with zero attached hydrogens (tertiary/aromatic N) is 4. The van der Waals surface area contributed by atoms with Crippen molar-refractivity contribution in [2.24, 2.45) is 0 Å². The summed E-state index contributed by atoms with van der Waals surface area (Å²) < 4.78 is 3.30. The standard InChI is InChI=1S/C14H13N5O/c15-10-2-1-9-8-17-19(12(9)7-10)13-14(20)18(6-5-16-13)11-3-4-11/h1-2,5-8,11H,3-4,15H2. The molecule has 1 aliphatic rings. The van der Waals surface area contributed by atoms with Crippen LogP contribution in [-0.4, -0.2) is 19.3 Å². The van der Waals surface area contributed by atoms with Crippen molar-refractivity contribution in [3.63, 3.8) is 0 Å². The van der Waals surface area contributed by atoms with E-state index in [2.05, 4.69) is 10.1 Å². The van der Waals surface area contributed by atoms with Crippen LogP contribution in [0.1, 0.15) is 18.9 Å². The van der Waals surface area contributed by atoms with Crippen LogP contribution < -0.4 is 11.3 Å². The molecule has 0 unspecified atom stereocenters. The summed E-state index contributed by atoms with van der Waals surface area (Å²) in [6, 6.07) is 5.82. The van der Waals surface area contributed by atoms with Gasteiger partial charge in [-0.3, -0.25) is 4.79 Å². The Balaban J connectivity index is 1.97. The summed E-state index contributed by atoms with van der Waals surface area (Å²) >= 11 is 0. The third-order valence-electron chi connectivity index (χ3n) is 3.59. The number of nitrogen functional groups attached to an aromatic ring is 1. The SMILES string of the molecule is Nc1ccc2cnn(-c3nccn(C4CC4)c3=O)c2c1. The van der Waals surface area contributed by atoms with Crippen molar-refractivity contribution in [2.75, 3.05) is 5.73 Å². The molecule has 1 aliphatic carbocycles. The zero-order valence-electron chi connectivity index (χ0n) is 10.7. The number of nitrogens with two attached hydrogens (primary N) is 1. The highest BCUT2D eigenvalue weighted by molar-refractivity contribution is 5.82. The van der Waals surface area contributed by atoms with Gasteiger partial charge in [0.1, 0.15) is 0 Å². The molecule has 20 heavy (non-hydrogen) atoms. The molecule has 0 atom stereocenters. The van der Waals surface area contributed by atoms with E-state index in [1.165, 1.54) is 0 Å². The number of benzene rings is 1. The molecular formula is C14H13N5O. The number of hydrogen-bond donors (Lipinski definition) is 1. The monoisotopic (exact) mass is 267 g/mol. The lowest BCUT2D eigenvalue weighted by atomic mass is 10.2. The lowest BCUT2D eigenvalue weighted by Crippen LogP contribution is -2.25. The summed E-state index contributed by atoms with van der Waals surface area (Å²) in [5.74, 6) is 0.319. The van der Waals surface area contributed by atoms with Crippen molar-refractivity contribution in [3.05, 3.63) is 47.1 Å². The molecule has 0 saturated heterocycles. The van der Waals surface area contributed by atoms with Crippen LogP contribution in [0.15, 0.2) is 41.6 Å². The van der Waals surface area contributed by atoms with Gasteiger partial charge in [-0.15, -0.1) is 0 Å². The summed E-state index contributed by atoms with van der Waals surface area (Å²) in [4.78, 5) is 16.7. The maximum absolute atomic E-state index is 12.5. The highest BCUT2D eigenvalue weighted by Gasteiger charge is 2.25. The molecule has 100 valence electrons. The second kappa shape index (κ2) is 3.93. The highest BCUT2D eigenvalue weighted by atomic mass is 16.1. The number of rotatable bonds is 2. The molecule has 2 heterocycles. The number of aromatic nitrogens is 4. The predicted octanol–water partition coefficient (Wildman–Crippen LogP) is 1.50. The van der Waals surface area contributed by atoms with Crippen LogP contribution in [0.2, 0.25) is 0 Å². The van der Waals surface area contributed by atoms with Gasteiger partial charge in [0.25, 0.3) is 5.56 Å². The van der Waals surface area contributed by atoms with Gasteiger partial charge < -0.3 is 10.3 Å². The molecule has 0 spiro atoms. The topological polar surface area (TPSA) is 78.7 Å². The molecule has 1 saturated carbocycles. The van der Waals surface area contributed by atoms with Crippen LogP contribution in [0.25, 0.3) is 16.7 Å². The molecule has 0 aliphatic heterocycles. The van der Waals surface area contributed by atoms with E-state index in [1.807, 2.05) is 12.1 Å². The summed E-state index contributed by atoms with van der Waals surface area (Å²) in [5, 5.41) is 5.21. The average molecular weight is 267 g/mol. The predicted molar refractivity (Wildman–Crippen MR) is 75.8 cm³/mol. The van der Waals surface area contributed by atoms with E-state index in [9.17, 15) is 4.79 Å². The van der Waals surface area contributed by atoms with Gasteiger partial charge >= 0.3 is 0 Å². The minimum Gasteiger partial charge on any atom is -0.399 e. The van der Waals surface area contributed by atoms with Gasteiger partial charge in [0.05, 0.1) is 11.7 Å². The first-order chi connectivity index (χ1) is 9.74. The zero-order chi connectivity index (χ0) is 13.7. The Kier molecular flexibility index (Phi) is 2.20. The molecule has 1 fully saturated rings. The fourth-order valence-electron chi connectivity index (χ4n) is 2.40. The molecule has 2 N–H and O–H groups in total. The second-order valence-corrected chi connectivity index (χ2v) is 5.07. The smallest absolute Gasteiger partial charge is 0.295 e. The Morgan fingerprint density at radius 1 is 1.30 bits per heavy atom. The molecule has 4 rings (SSSR count).